The molecule has 0 radical (unpaired) electrons. The molecule has 0 N–H and O–H groups in total. The summed E-state index contributed by atoms with van der Waals surface area (Å²) in [5.74, 6) is 1.19. The van der Waals surface area contributed by atoms with E-state index in [0.29, 0.717) is 0 Å². The van der Waals surface area contributed by atoms with Crippen LogP contribution in [0.1, 0.15) is 24.7 Å². The second kappa shape index (κ2) is 5.91. The maximum absolute atomic E-state index is 4.72. The van der Waals surface area contributed by atoms with Gasteiger partial charge in [-0.05, 0) is 30.5 Å². The molecule has 0 aliphatic carbocycles. The highest BCUT2D eigenvalue weighted by Crippen LogP contribution is 2.17. The highest BCUT2D eigenvalue weighted by atomic mass is 15.1. The van der Waals surface area contributed by atoms with Crippen LogP contribution in [0.4, 0.5) is 0 Å². The Kier molecular flexibility index (Phi) is 3.82. The van der Waals surface area contributed by atoms with E-state index in [1.807, 2.05) is 0 Å². The summed E-state index contributed by atoms with van der Waals surface area (Å²) >= 11 is 0. The SMILES string of the molecule is CCc1nc2ccccc2n1CCCc1ccccc1. The summed E-state index contributed by atoms with van der Waals surface area (Å²) in [6.45, 7) is 3.22. The lowest BCUT2D eigenvalue weighted by Gasteiger charge is -2.08. The monoisotopic (exact) mass is 264 g/mol. The molecule has 1 aromatic heterocycles. The van der Waals surface area contributed by atoms with Gasteiger partial charge in [0, 0.05) is 13.0 Å². The lowest BCUT2D eigenvalue weighted by Crippen LogP contribution is -2.04. The van der Waals surface area contributed by atoms with Gasteiger partial charge in [0.25, 0.3) is 0 Å². The second-order valence-electron chi connectivity index (χ2n) is 5.11. The number of hydrogen-bond donors (Lipinski definition) is 0. The predicted octanol–water partition coefficient (Wildman–Crippen LogP) is 4.23. The van der Waals surface area contributed by atoms with Crippen molar-refractivity contribution in [1.29, 1.82) is 0 Å². The Morgan fingerprint density at radius 2 is 1.70 bits per heavy atom. The molecule has 3 rings (SSSR count). The molecule has 0 aliphatic rings. The van der Waals surface area contributed by atoms with Gasteiger partial charge in [0.15, 0.2) is 0 Å². The topological polar surface area (TPSA) is 17.8 Å². The number of rotatable bonds is 5. The maximum atomic E-state index is 4.72. The Balaban J connectivity index is 1.77. The van der Waals surface area contributed by atoms with Crippen LogP contribution in [0, 0.1) is 0 Å². The fourth-order valence-corrected chi connectivity index (χ4v) is 2.73. The van der Waals surface area contributed by atoms with Gasteiger partial charge in [0.05, 0.1) is 11.0 Å². The fourth-order valence-electron chi connectivity index (χ4n) is 2.73. The first-order chi connectivity index (χ1) is 9.88. The van der Waals surface area contributed by atoms with Gasteiger partial charge in [0.1, 0.15) is 5.82 Å². The van der Waals surface area contributed by atoms with Crippen molar-refractivity contribution in [2.24, 2.45) is 0 Å². The first-order valence-electron chi connectivity index (χ1n) is 7.36. The van der Waals surface area contributed by atoms with E-state index in [9.17, 15) is 0 Å². The zero-order valence-corrected chi connectivity index (χ0v) is 11.9. The van der Waals surface area contributed by atoms with E-state index < -0.39 is 0 Å². The van der Waals surface area contributed by atoms with Crippen LogP contribution in [0.5, 0.6) is 0 Å². The third-order valence-corrected chi connectivity index (χ3v) is 3.74. The summed E-state index contributed by atoms with van der Waals surface area (Å²) in [5.41, 5.74) is 3.79. The molecule has 3 aromatic rings. The average molecular weight is 264 g/mol. The smallest absolute Gasteiger partial charge is 0.109 e. The van der Waals surface area contributed by atoms with E-state index in [-0.39, 0.29) is 0 Å². The Morgan fingerprint density at radius 3 is 2.50 bits per heavy atom. The Bertz CT molecular complexity index is 683. The Hall–Kier alpha value is -2.09. The molecule has 102 valence electrons. The number of hydrogen-bond acceptors (Lipinski definition) is 1. The quantitative estimate of drug-likeness (QED) is 0.674. The molecule has 0 atom stereocenters. The third kappa shape index (κ3) is 2.60. The molecule has 1 heterocycles. The molecular weight excluding hydrogens is 244 g/mol. The molecule has 0 saturated carbocycles. The van der Waals surface area contributed by atoms with E-state index in [4.69, 9.17) is 4.98 Å². The van der Waals surface area contributed by atoms with E-state index in [0.717, 1.165) is 31.3 Å². The number of nitrogens with zero attached hydrogens (tertiary/aromatic N) is 2. The van der Waals surface area contributed by atoms with Crippen molar-refractivity contribution >= 4 is 11.0 Å². The van der Waals surface area contributed by atoms with Gasteiger partial charge in [-0.1, -0.05) is 49.4 Å². The van der Waals surface area contributed by atoms with Crippen molar-refractivity contribution in [2.75, 3.05) is 0 Å². The van der Waals surface area contributed by atoms with Gasteiger partial charge in [-0.15, -0.1) is 0 Å². The van der Waals surface area contributed by atoms with Gasteiger partial charge in [-0.25, -0.2) is 4.98 Å². The minimum Gasteiger partial charge on any atom is -0.328 e. The van der Waals surface area contributed by atoms with E-state index >= 15 is 0 Å². The fraction of sp³-hybridized carbons (Fsp3) is 0.278. The van der Waals surface area contributed by atoms with Crippen LogP contribution in [0.3, 0.4) is 0 Å². The van der Waals surface area contributed by atoms with E-state index in [1.165, 1.54) is 16.9 Å². The van der Waals surface area contributed by atoms with Crippen molar-refractivity contribution in [3.8, 4) is 0 Å². The predicted molar refractivity (Wildman–Crippen MR) is 83.9 cm³/mol. The molecule has 0 spiro atoms. The van der Waals surface area contributed by atoms with Crippen molar-refractivity contribution in [3.63, 3.8) is 0 Å². The highest BCUT2D eigenvalue weighted by Gasteiger charge is 2.08. The van der Waals surface area contributed by atoms with Crippen molar-refractivity contribution < 1.29 is 0 Å². The number of para-hydroxylation sites is 2. The number of benzene rings is 2. The summed E-state index contributed by atoms with van der Waals surface area (Å²) in [7, 11) is 0. The summed E-state index contributed by atoms with van der Waals surface area (Å²) in [6, 6.07) is 19.1. The summed E-state index contributed by atoms with van der Waals surface area (Å²) in [5, 5.41) is 0. The Labute approximate surface area is 120 Å². The molecule has 0 saturated heterocycles. The zero-order valence-electron chi connectivity index (χ0n) is 11.9. The summed E-state index contributed by atoms with van der Waals surface area (Å²) in [4.78, 5) is 4.72. The molecule has 0 fully saturated rings. The van der Waals surface area contributed by atoms with Gasteiger partial charge in [-0.3, -0.25) is 0 Å². The maximum Gasteiger partial charge on any atom is 0.109 e. The number of fused-ring (bicyclic) bond motifs is 1. The summed E-state index contributed by atoms with van der Waals surface area (Å²) < 4.78 is 2.37. The largest absolute Gasteiger partial charge is 0.328 e. The first-order valence-corrected chi connectivity index (χ1v) is 7.36. The molecular formula is C18H20N2. The van der Waals surface area contributed by atoms with Gasteiger partial charge < -0.3 is 4.57 Å². The van der Waals surface area contributed by atoms with Crippen LogP contribution in [-0.2, 0) is 19.4 Å². The molecule has 0 bridgehead atoms. The zero-order chi connectivity index (χ0) is 13.8. The molecule has 20 heavy (non-hydrogen) atoms. The van der Waals surface area contributed by atoms with E-state index in [2.05, 4.69) is 66.1 Å². The van der Waals surface area contributed by atoms with Crippen molar-refractivity contribution in [2.45, 2.75) is 32.7 Å². The number of imidazole rings is 1. The van der Waals surface area contributed by atoms with Crippen molar-refractivity contribution in [1.82, 2.24) is 9.55 Å². The first kappa shape index (κ1) is 12.9. The van der Waals surface area contributed by atoms with E-state index in [1.54, 1.807) is 0 Å². The average Bonchev–Trinajstić information content (AvgIpc) is 2.87. The highest BCUT2D eigenvalue weighted by molar-refractivity contribution is 5.75. The van der Waals surface area contributed by atoms with Crippen LogP contribution >= 0.6 is 0 Å². The number of aromatic nitrogens is 2. The second-order valence-corrected chi connectivity index (χ2v) is 5.11. The van der Waals surface area contributed by atoms with Gasteiger partial charge >= 0.3 is 0 Å². The summed E-state index contributed by atoms with van der Waals surface area (Å²) in [6.07, 6.45) is 3.26. The van der Waals surface area contributed by atoms with Crippen LogP contribution in [0.2, 0.25) is 0 Å². The van der Waals surface area contributed by atoms with Crippen LogP contribution in [-0.4, -0.2) is 9.55 Å². The lowest BCUT2D eigenvalue weighted by molar-refractivity contribution is 0.629. The molecule has 2 aromatic carbocycles. The molecule has 0 unspecified atom stereocenters. The normalized spacial score (nSPS) is 11.1. The minimum absolute atomic E-state index is 0.986. The van der Waals surface area contributed by atoms with Gasteiger partial charge in [-0.2, -0.15) is 0 Å². The van der Waals surface area contributed by atoms with Crippen LogP contribution < -0.4 is 0 Å². The van der Waals surface area contributed by atoms with Crippen LogP contribution in [0.25, 0.3) is 11.0 Å². The van der Waals surface area contributed by atoms with Gasteiger partial charge in [0.2, 0.25) is 0 Å². The molecule has 0 aliphatic heterocycles. The standard InChI is InChI=1S/C18H20N2/c1-2-18-19-16-12-6-7-13-17(16)20(18)14-8-11-15-9-4-3-5-10-15/h3-7,9-10,12-13H,2,8,11,14H2,1H3. The molecule has 0 amide bonds. The lowest BCUT2D eigenvalue weighted by atomic mass is 10.1. The minimum atomic E-state index is 0.986. The molecule has 2 heteroatoms. The van der Waals surface area contributed by atoms with Crippen LogP contribution in [0.15, 0.2) is 54.6 Å². The van der Waals surface area contributed by atoms with Crippen molar-refractivity contribution in [3.05, 3.63) is 66.0 Å². The molecule has 2 nitrogen and oxygen atoms in total. The number of aryl methyl sites for hydroxylation is 3. The third-order valence-electron chi connectivity index (χ3n) is 3.74. The Morgan fingerprint density at radius 1 is 0.950 bits per heavy atom.